The van der Waals surface area contributed by atoms with Crippen LogP contribution in [0, 0.1) is 0 Å². The lowest BCUT2D eigenvalue weighted by Crippen LogP contribution is -2.46. The van der Waals surface area contributed by atoms with Gasteiger partial charge in [-0.1, -0.05) is 23.4 Å². The van der Waals surface area contributed by atoms with Crippen molar-refractivity contribution in [1.82, 2.24) is 25.3 Å². The molecule has 1 N–H and O–H groups in total. The lowest BCUT2D eigenvalue weighted by Gasteiger charge is -2.32. The van der Waals surface area contributed by atoms with Gasteiger partial charge in [-0.25, -0.2) is 0 Å². The van der Waals surface area contributed by atoms with Gasteiger partial charge in [0.05, 0.1) is 11.6 Å². The molecular formula is C21H23N5O2. The first-order valence-corrected chi connectivity index (χ1v) is 9.99. The second kappa shape index (κ2) is 7.31. The maximum Gasteiger partial charge on any atom is 0.239 e. The van der Waals surface area contributed by atoms with E-state index in [1.54, 1.807) is 6.20 Å². The van der Waals surface area contributed by atoms with Crippen molar-refractivity contribution in [3.05, 3.63) is 42.4 Å². The van der Waals surface area contributed by atoms with Crippen LogP contribution in [0.2, 0.25) is 0 Å². The van der Waals surface area contributed by atoms with Gasteiger partial charge in [0.1, 0.15) is 0 Å². The molecule has 0 saturated carbocycles. The number of nitrogens with one attached hydrogen (secondary N) is 1. The van der Waals surface area contributed by atoms with E-state index >= 15 is 0 Å². The number of benzene rings is 1. The topological polar surface area (TPSA) is 84.2 Å². The first-order chi connectivity index (χ1) is 13.8. The number of pyridine rings is 1. The highest BCUT2D eigenvalue weighted by Gasteiger charge is 2.32. The summed E-state index contributed by atoms with van der Waals surface area (Å²) in [6.45, 7) is 2.44. The minimum atomic E-state index is 0.00644. The molecule has 0 bridgehead atoms. The number of piperidine rings is 1. The van der Waals surface area contributed by atoms with Crippen LogP contribution in [0.25, 0.3) is 22.3 Å². The fourth-order valence-corrected chi connectivity index (χ4v) is 4.17. The van der Waals surface area contributed by atoms with E-state index in [2.05, 4.69) is 20.4 Å². The Kier molecular flexibility index (Phi) is 4.52. The SMILES string of the molecule is O=C([C@@H]1CCCN1)N1CCC(c2nc(-c3cnc4ccccc4c3)no2)CC1. The zero-order valence-electron chi connectivity index (χ0n) is 15.7. The minimum absolute atomic E-state index is 0.00644. The Balaban J connectivity index is 1.27. The average molecular weight is 377 g/mol. The predicted octanol–water partition coefficient (Wildman–Crippen LogP) is 2.74. The Morgan fingerprint density at radius 2 is 2.04 bits per heavy atom. The van der Waals surface area contributed by atoms with Crippen LogP contribution < -0.4 is 5.32 Å². The van der Waals surface area contributed by atoms with E-state index in [-0.39, 0.29) is 17.9 Å². The number of rotatable bonds is 3. The van der Waals surface area contributed by atoms with E-state index in [1.165, 1.54) is 0 Å². The van der Waals surface area contributed by atoms with Gasteiger partial charge in [0, 0.05) is 36.2 Å². The number of hydrogen-bond acceptors (Lipinski definition) is 6. The second-order valence-corrected chi connectivity index (χ2v) is 7.62. The van der Waals surface area contributed by atoms with Gasteiger partial charge in [-0.05, 0) is 44.4 Å². The van der Waals surface area contributed by atoms with Crippen LogP contribution in [0.1, 0.15) is 37.5 Å². The summed E-state index contributed by atoms with van der Waals surface area (Å²) in [5.74, 6) is 1.68. The average Bonchev–Trinajstić information content (AvgIpc) is 3.45. The van der Waals surface area contributed by atoms with Gasteiger partial charge in [-0.2, -0.15) is 4.98 Å². The van der Waals surface area contributed by atoms with E-state index in [0.29, 0.717) is 11.7 Å². The third kappa shape index (κ3) is 3.26. The van der Waals surface area contributed by atoms with Crippen LogP contribution in [-0.4, -0.2) is 51.6 Å². The van der Waals surface area contributed by atoms with E-state index in [0.717, 1.165) is 61.8 Å². The lowest BCUT2D eigenvalue weighted by molar-refractivity contribution is -0.134. The van der Waals surface area contributed by atoms with Crippen molar-refractivity contribution in [3.8, 4) is 11.4 Å². The maximum absolute atomic E-state index is 12.5. The first kappa shape index (κ1) is 17.3. The van der Waals surface area contributed by atoms with Crippen molar-refractivity contribution in [2.45, 2.75) is 37.6 Å². The summed E-state index contributed by atoms with van der Waals surface area (Å²) in [5.41, 5.74) is 1.80. The molecule has 1 aromatic carbocycles. The Labute approximate surface area is 163 Å². The number of aromatic nitrogens is 3. The fraction of sp³-hybridized carbons (Fsp3) is 0.429. The van der Waals surface area contributed by atoms with E-state index < -0.39 is 0 Å². The lowest BCUT2D eigenvalue weighted by atomic mass is 9.96. The second-order valence-electron chi connectivity index (χ2n) is 7.62. The molecule has 0 aliphatic carbocycles. The van der Waals surface area contributed by atoms with Crippen molar-refractivity contribution in [2.75, 3.05) is 19.6 Å². The Hall–Kier alpha value is -2.80. The molecule has 0 radical (unpaired) electrons. The van der Waals surface area contributed by atoms with Gasteiger partial charge in [0.25, 0.3) is 0 Å². The van der Waals surface area contributed by atoms with Gasteiger partial charge in [-0.15, -0.1) is 0 Å². The van der Waals surface area contributed by atoms with Crippen LogP contribution in [-0.2, 0) is 4.79 Å². The number of para-hydroxylation sites is 1. The summed E-state index contributed by atoms with van der Waals surface area (Å²) in [5, 5.41) is 8.52. The third-order valence-corrected chi connectivity index (χ3v) is 5.80. The number of fused-ring (bicyclic) bond motifs is 1. The van der Waals surface area contributed by atoms with Crippen molar-refractivity contribution in [2.24, 2.45) is 0 Å². The summed E-state index contributed by atoms with van der Waals surface area (Å²) in [4.78, 5) is 23.6. The van der Waals surface area contributed by atoms with Gasteiger partial charge < -0.3 is 14.7 Å². The number of likely N-dealkylation sites (tertiary alicyclic amines) is 1. The van der Waals surface area contributed by atoms with E-state index in [1.807, 2.05) is 35.2 Å². The van der Waals surface area contributed by atoms with Gasteiger partial charge in [0.15, 0.2) is 0 Å². The quantitative estimate of drug-likeness (QED) is 0.756. The molecule has 2 aliphatic heterocycles. The minimum Gasteiger partial charge on any atom is -0.341 e. The van der Waals surface area contributed by atoms with Crippen LogP contribution >= 0.6 is 0 Å². The molecular weight excluding hydrogens is 354 g/mol. The number of carbonyl (C=O) groups excluding carboxylic acids is 1. The number of nitrogens with zero attached hydrogens (tertiary/aromatic N) is 4. The number of hydrogen-bond donors (Lipinski definition) is 1. The molecule has 0 spiro atoms. The zero-order chi connectivity index (χ0) is 18.9. The number of carbonyl (C=O) groups is 1. The maximum atomic E-state index is 12.5. The fourth-order valence-electron chi connectivity index (χ4n) is 4.17. The molecule has 2 aromatic heterocycles. The summed E-state index contributed by atoms with van der Waals surface area (Å²) in [6, 6.07) is 10.0. The molecule has 28 heavy (non-hydrogen) atoms. The Morgan fingerprint density at radius 1 is 1.18 bits per heavy atom. The predicted molar refractivity (Wildman–Crippen MR) is 105 cm³/mol. The van der Waals surface area contributed by atoms with Crippen molar-refractivity contribution in [3.63, 3.8) is 0 Å². The molecule has 5 rings (SSSR count). The van der Waals surface area contributed by atoms with E-state index in [4.69, 9.17) is 4.52 Å². The largest absolute Gasteiger partial charge is 0.341 e. The normalized spacial score (nSPS) is 20.7. The van der Waals surface area contributed by atoms with Crippen LogP contribution in [0.15, 0.2) is 41.1 Å². The molecule has 7 heteroatoms. The third-order valence-electron chi connectivity index (χ3n) is 5.80. The van der Waals surface area contributed by atoms with Crippen molar-refractivity contribution < 1.29 is 9.32 Å². The molecule has 0 unspecified atom stereocenters. The molecule has 7 nitrogen and oxygen atoms in total. The molecule has 3 aromatic rings. The highest BCUT2D eigenvalue weighted by molar-refractivity contribution is 5.82. The standard InChI is InChI=1S/C21H23N5O2/c27-21(18-6-3-9-22-18)26-10-7-14(8-11-26)20-24-19(25-28-20)16-12-15-4-1-2-5-17(15)23-13-16/h1-2,4-5,12-14,18,22H,3,6-11H2/t18-/m0/s1. The monoisotopic (exact) mass is 377 g/mol. The molecule has 2 saturated heterocycles. The van der Waals surface area contributed by atoms with Crippen molar-refractivity contribution >= 4 is 16.8 Å². The number of amides is 1. The summed E-state index contributed by atoms with van der Waals surface area (Å²) in [7, 11) is 0. The van der Waals surface area contributed by atoms with Crippen molar-refractivity contribution in [1.29, 1.82) is 0 Å². The van der Waals surface area contributed by atoms with Gasteiger partial charge in [0.2, 0.25) is 17.6 Å². The van der Waals surface area contributed by atoms with Crippen LogP contribution in [0.5, 0.6) is 0 Å². The molecule has 1 amide bonds. The van der Waals surface area contributed by atoms with Crippen LogP contribution in [0.4, 0.5) is 0 Å². The molecule has 2 aliphatic rings. The highest BCUT2D eigenvalue weighted by Crippen LogP contribution is 2.29. The highest BCUT2D eigenvalue weighted by atomic mass is 16.5. The van der Waals surface area contributed by atoms with Gasteiger partial charge >= 0.3 is 0 Å². The van der Waals surface area contributed by atoms with Crippen LogP contribution in [0.3, 0.4) is 0 Å². The Morgan fingerprint density at radius 3 is 2.86 bits per heavy atom. The molecule has 4 heterocycles. The van der Waals surface area contributed by atoms with Gasteiger partial charge in [-0.3, -0.25) is 9.78 Å². The van der Waals surface area contributed by atoms with E-state index in [9.17, 15) is 4.79 Å². The Bertz CT molecular complexity index is 987. The first-order valence-electron chi connectivity index (χ1n) is 9.99. The summed E-state index contributed by atoms with van der Waals surface area (Å²) < 4.78 is 5.56. The summed E-state index contributed by atoms with van der Waals surface area (Å²) in [6.07, 6.45) is 5.53. The smallest absolute Gasteiger partial charge is 0.239 e. The molecule has 144 valence electrons. The zero-order valence-corrected chi connectivity index (χ0v) is 15.7. The summed E-state index contributed by atoms with van der Waals surface area (Å²) >= 11 is 0. The molecule has 2 fully saturated rings. The molecule has 1 atom stereocenters.